The fourth-order valence-corrected chi connectivity index (χ4v) is 2.51. The van der Waals surface area contributed by atoms with Gasteiger partial charge in [0, 0.05) is 37.2 Å². The molecular formula is C11H18N2OS. The zero-order valence-electron chi connectivity index (χ0n) is 9.11. The van der Waals surface area contributed by atoms with E-state index in [1.807, 2.05) is 11.6 Å². The smallest absolute Gasteiger partial charge is 0.0965 e. The largest absolute Gasteiger partial charge is 0.381 e. The molecule has 0 aliphatic carbocycles. The normalized spacial score (nSPS) is 23.1. The fraction of sp³-hybridized carbons (Fsp3) is 0.727. The van der Waals surface area contributed by atoms with Crippen LogP contribution in [-0.4, -0.2) is 31.3 Å². The van der Waals surface area contributed by atoms with Gasteiger partial charge in [0.15, 0.2) is 0 Å². The third-order valence-corrected chi connectivity index (χ3v) is 3.79. The van der Waals surface area contributed by atoms with E-state index in [1.165, 1.54) is 11.4 Å². The summed E-state index contributed by atoms with van der Waals surface area (Å²) in [5, 5.41) is 6.77. The summed E-state index contributed by atoms with van der Waals surface area (Å²) in [5.41, 5.74) is 0. The lowest BCUT2D eigenvalue weighted by molar-refractivity contribution is 0.185. The van der Waals surface area contributed by atoms with Gasteiger partial charge in [-0.15, -0.1) is 11.3 Å². The number of thiazole rings is 1. The Labute approximate surface area is 94.9 Å². The predicted molar refractivity (Wildman–Crippen MR) is 62.3 cm³/mol. The lowest BCUT2D eigenvalue weighted by Crippen LogP contribution is -2.26. The van der Waals surface area contributed by atoms with Crippen molar-refractivity contribution in [1.29, 1.82) is 0 Å². The first-order chi connectivity index (χ1) is 7.36. The van der Waals surface area contributed by atoms with Crippen molar-refractivity contribution in [1.82, 2.24) is 10.3 Å². The van der Waals surface area contributed by atoms with Gasteiger partial charge in [-0.2, -0.15) is 0 Å². The molecule has 0 spiro atoms. The lowest BCUT2D eigenvalue weighted by atomic mass is 10.1. The van der Waals surface area contributed by atoms with E-state index < -0.39 is 0 Å². The molecule has 0 amide bonds. The Morgan fingerprint density at radius 2 is 2.67 bits per heavy atom. The van der Waals surface area contributed by atoms with Crippen LogP contribution in [0, 0.1) is 5.92 Å². The number of rotatable bonds is 5. The van der Waals surface area contributed by atoms with Gasteiger partial charge in [-0.05, 0) is 12.3 Å². The van der Waals surface area contributed by atoms with Crippen molar-refractivity contribution in [3.05, 3.63) is 16.6 Å². The summed E-state index contributed by atoms with van der Waals surface area (Å²) in [4.78, 5) is 4.32. The Morgan fingerprint density at radius 1 is 1.73 bits per heavy atom. The van der Waals surface area contributed by atoms with Crippen molar-refractivity contribution < 1.29 is 4.74 Å². The van der Waals surface area contributed by atoms with Gasteiger partial charge in [-0.25, -0.2) is 4.98 Å². The molecular weight excluding hydrogens is 208 g/mol. The van der Waals surface area contributed by atoms with Gasteiger partial charge in [0.05, 0.1) is 11.6 Å². The zero-order chi connectivity index (χ0) is 10.5. The van der Waals surface area contributed by atoms with E-state index in [2.05, 4.69) is 17.2 Å². The molecule has 0 radical (unpaired) electrons. The van der Waals surface area contributed by atoms with Crippen molar-refractivity contribution in [2.24, 2.45) is 5.92 Å². The van der Waals surface area contributed by atoms with Crippen LogP contribution >= 0.6 is 11.3 Å². The minimum Gasteiger partial charge on any atom is -0.381 e. The summed E-state index contributed by atoms with van der Waals surface area (Å²) in [5.74, 6) is 1.24. The monoisotopic (exact) mass is 226 g/mol. The second-order valence-corrected chi connectivity index (χ2v) is 5.09. The van der Waals surface area contributed by atoms with Crippen LogP contribution in [0.3, 0.4) is 0 Å². The summed E-state index contributed by atoms with van der Waals surface area (Å²) in [7, 11) is 0. The first-order valence-electron chi connectivity index (χ1n) is 5.54. The molecule has 4 heteroatoms. The first kappa shape index (κ1) is 11.0. The number of hydrogen-bond acceptors (Lipinski definition) is 4. The maximum absolute atomic E-state index is 5.34. The van der Waals surface area contributed by atoms with Crippen LogP contribution in [0.1, 0.15) is 24.3 Å². The van der Waals surface area contributed by atoms with Gasteiger partial charge >= 0.3 is 0 Å². The van der Waals surface area contributed by atoms with Crippen LogP contribution in [-0.2, 0) is 4.74 Å². The summed E-state index contributed by atoms with van der Waals surface area (Å²) in [6.45, 7) is 6.18. The maximum atomic E-state index is 5.34. The van der Waals surface area contributed by atoms with Gasteiger partial charge in [0.25, 0.3) is 0 Å². The van der Waals surface area contributed by atoms with Gasteiger partial charge in [-0.1, -0.05) is 6.92 Å². The molecule has 15 heavy (non-hydrogen) atoms. The van der Waals surface area contributed by atoms with E-state index in [1.54, 1.807) is 11.3 Å². The Bertz CT molecular complexity index is 270. The van der Waals surface area contributed by atoms with Gasteiger partial charge in [-0.3, -0.25) is 0 Å². The highest BCUT2D eigenvalue weighted by molar-refractivity contribution is 7.09. The molecule has 0 bridgehead atoms. The summed E-state index contributed by atoms with van der Waals surface area (Å²) >= 11 is 1.74. The van der Waals surface area contributed by atoms with Crippen molar-refractivity contribution in [3.63, 3.8) is 0 Å². The predicted octanol–water partition coefficient (Wildman–Crippen LogP) is 1.87. The molecule has 3 nitrogen and oxygen atoms in total. The lowest BCUT2D eigenvalue weighted by Gasteiger charge is -2.12. The minimum atomic E-state index is 0.521. The average molecular weight is 226 g/mol. The fourth-order valence-electron chi connectivity index (χ4n) is 1.81. The molecule has 1 aromatic heterocycles. The van der Waals surface area contributed by atoms with Crippen molar-refractivity contribution in [2.45, 2.75) is 19.3 Å². The summed E-state index contributed by atoms with van der Waals surface area (Å²) in [6, 6.07) is 0. The Morgan fingerprint density at radius 3 is 3.33 bits per heavy atom. The minimum absolute atomic E-state index is 0.521. The Hall–Kier alpha value is -0.450. The molecule has 2 unspecified atom stereocenters. The summed E-state index contributed by atoms with van der Waals surface area (Å²) < 4.78 is 5.34. The highest BCUT2D eigenvalue weighted by atomic mass is 32.1. The Kier molecular flexibility index (Phi) is 4.11. The molecule has 0 saturated carbocycles. The van der Waals surface area contributed by atoms with Crippen molar-refractivity contribution >= 4 is 11.3 Å². The molecule has 1 aliphatic heterocycles. The molecule has 1 N–H and O–H groups in total. The molecule has 1 fully saturated rings. The zero-order valence-corrected chi connectivity index (χ0v) is 9.93. The van der Waals surface area contributed by atoms with E-state index in [-0.39, 0.29) is 0 Å². The number of hydrogen-bond donors (Lipinski definition) is 1. The highest BCUT2D eigenvalue weighted by Crippen LogP contribution is 2.17. The van der Waals surface area contributed by atoms with E-state index >= 15 is 0 Å². The highest BCUT2D eigenvalue weighted by Gasteiger charge is 2.15. The van der Waals surface area contributed by atoms with E-state index in [0.29, 0.717) is 11.8 Å². The van der Waals surface area contributed by atoms with Crippen LogP contribution in [0.2, 0.25) is 0 Å². The molecule has 84 valence electrons. The maximum Gasteiger partial charge on any atom is 0.0965 e. The van der Waals surface area contributed by atoms with Crippen LogP contribution in [0.5, 0.6) is 0 Å². The molecule has 2 heterocycles. The molecule has 1 aliphatic rings. The van der Waals surface area contributed by atoms with Gasteiger partial charge in [0.1, 0.15) is 0 Å². The topological polar surface area (TPSA) is 34.1 Å². The second-order valence-electron chi connectivity index (χ2n) is 4.16. The van der Waals surface area contributed by atoms with Crippen molar-refractivity contribution in [2.75, 3.05) is 26.3 Å². The number of nitrogens with zero attached hydrogens (tertiary/aromatic N) is 1. The van der Waals surface area contributed by atoms with Gasteiger partial charge < -0.3 is 10.1 Å². The number of nitrogens with one attached hydrogen (secondary N) is 1. The van der Waals surface area contributed by atoms with Crippen LogP contribution < -0.4 is 5.32 Å². The SMILES string of the molecule is CC(CNCC1CCOC1)c1nccs1. The molecule has 1 saturated heterocycles. The van der Waals surface area contributed by atoms with Crippen molar-refractivity contribution in [3.8, 4) is 0 Å². The van der Waals surface area contributed by atoms with Gasteiger partial charge in [0.2, 0.25) is 0 Å². The Balaban J connectivity index is 1.65. The summed E-state index contributed by atoms with van der Waals surface area (Å²) in [6.07, 6.45) is 3.08. The quantitative estimate of drug-likeness (QED) is 0.832. The number of aromatic nitrogens is 1. The van der Waals surface area contributed by atoms with Crippen LogP contribution in [0.4, 0.5) is 0 Å². The standard InChI is InChI=1S/C11H18N2OS/c1-9(11-13-3-5-15-11)6-12-7-10-2-4-14-8-10/h3,5,9-10,12H,2,4,6-8H2,1H3. The third-order valence-electron chi connectivity index (χ3n) is 2.78. The van der Waals surface area contributed by atoms with E-state index in [0.717, 1.165) is 26.3 Å². The average Bonchev–Trinajstić information content (AvgIpc) is 2.90. The van der Waals surface area contributed by atoms with E-state index in [9.17, 15) is 0 Å². The number of ether oxygens (including phenoxy) is 1. The molecule has 2 atom stereocenters. The first-order valence-corrected chi connectivity index (χ1v) is 6.42. The second kappa shape index (κ2) is 5.58. The third kappa shape index (κ3) is 3.26. The van der Waals surface area contributed by atoms with Crippen LogP contribution in [0.25, 0.3) is 0 Å². The van der Waals surface area contributed by atoms with E-state index in [4.69, 9.17) is 4.74 Å². The molecule has 0 aromatic carbocycles. The van der Waals surface area contributed by atoms with Crippen LogP contribution in [0.15, 0.2) is 11.6 Å². The molecule has 2 rings (SSSR count). The molecule has 1 aromatic rings.